The fourth-order valence-corrected chi connectivity index (χ4v) is 4.16. The van der Waals surface area contributed by atoms with Crippen LogP contribution in [0.3, 0.4) is 0 Å². The number of nitrogens with one attached hydrogen (secondary N) is 4. The maximum atomic E-state index is 13.2. The molecule has 8 nitrogen and oxygen atoms in total. The largest absolute Gasteiger partial charge is 0.437 e. The van der Waals surface area contributed by atoms with Crippen molar-refractivity contribution in [1.82, 2.24) is 15.6 Å². The Kier molecular flexibility index (Phi) is 10.7. The van der Waals surface area contributed by atoms with Crippen LogP contribution in [-0.4, -0.2) is 55.3 Å². The van der Waals surface area contributed by atoms with Gasteiger partial charge >= 0.3 is 0 Å². The minimum Gasteiger partial charge on any atom is -0.437 e. The van der Waals surface area contributed by atoms with Gasteiger partial charge in [-0.25, -0.2) is 17.6 Å². The number of carbonyl (C=O) groups is 2. The molecule has 0 atom stereocenters. The zero-order valence-corrected chi connectivity index (χ0v) is 24.6. The summed E-state index contributed by atoms with van der Waals surface area (Å²) in [5.74, 6) is -0.650. The van der Waals surface area contributed by atoms with E-state index in [4.69, 9.17) is 4.42 Å². The summed E-state index contributed by atoms with van der Waals surface area (Å²) in [6, 6.07) is 7.91. The van der Waals surface area contributed by atoms with Crippen LogP contribution in [-0.2, 0) is 4.79 Å². The minimum absolute atomic E-state index is 0.00847. The van der Waals surface area contributed by atoms with E-state index in [0.717, 1.165) is 0 Å². The number of alkyl halides is 4. The maximum Gasteiger partial charge on any atom is 0.255 e. The number of allylic oxidation sites excluding steroid dienone is 3. The Bertz CT molecular complexity index is 1540. The molecule has 2 aromatic heterocycles. The lowest BCUT2D eigenvalue weighted by Crippen LogP contribution is -2.41. The highest BCUT2D eigenvalue weighted by Gasteiger charge is 2.25. The topological polar surface area (TPSA) is 108 Å². The number of pyridine rings is 1. The fraction of sp³-hybridized carbons (Fsp3) is 0.323. The number of carbonyl (C=O) groups excluding carboxylic acids is 2. The molecule has 0 unspecified atom stereocenters. The van der Waals surface area contributed by atoms with Crippen LogP contribution < -0.4 is 21.3 Å². The fourth-order valence-electron chi connectivity index (χ4n) is 4.16. The number of fused-ring (bicyclic) bond motifs is 1. The van der Waals surface area contributed by atoms with Crippen LogP contribution >= 0.6 is 0 Å². The predicted octanol–water partition coefficient (Wildman–Crippen LogP) is 6.64. The van der Waals surface area contributed by atoms with Gasteiger partial charge in [0.05, 0.1) is 24.0 Å². The summed E-state index contributed by atoms with van der Waals surface area (Å²) in [6.45, 7) is 9.63. The maximum absolute atomic E-state index is 13.2. The number of furan rings is 1. The second kappa shape index (κ2) is 14.0. The monoisotopic (exact) mass is 601 g/mol. The van der Waals surface area contributed by atoms with Crippen LogP contribution in [0.1, 0.15) is 43.6 Å². The summed E-state index contributed by atoms with van der Waals surface area (Å²) in [7, 11) is 1.44. The van der Waals surface area contributed by atoms with E-state index in [1.807, 2.05) is 20.8 Å². The van der Waals surface area contributed by atoms with E-state index in [2.05, 4.69) is 32.8 Å². The molecular formula is C31H35F4N5O3. The smallest absolute Gasteiger partial charge is 0.255 e. The quantitative estimate of drug-likeness (QED) is 0.105. The highest BCUT2D eigenvalue weighted by molar-refractivity contribution is 6.11. The van der Waals surface area contributed by atoms with Gasteiger partial charge in [0.1, 0.15) is 11.6 Å². The first kappa shape index (κ1) is 32.9. The van der Waals surface area contributed by atoms with E-state index in [-0.39, 0.29) is 34.3 Å². The van der Waals surface area contributed by atoms with Gasteiger partial charge in [0.2, 0.25) is 5.71 Å². The van der Waals surface area contributed by atoms with Crippen molar-refractivity contribution in [1.29, 1.82) is 0 Å². The van der Waals surface area contributed by atoms with Crippen LogP contribution in [0.15, 0.2) is 65.1 Å². The second-order valence-corrected chi connectivity index (χ2v) is 10.6. The third kappa shape index (κ3) is 8.69. The number of halogens is 4. The Hall–Kier alpha value is -4.61. The van der Waals surface area contributed by atoms with E-state index in [0.29, 0.717) is 27.8 Å². The molecule has 0 fully saturated rings. The van der Waals surface area contributed by atoms with E-state index in [9.17, 15) is 27.2 Å². The van der Waals surface area contributed by atoms with Gasteiger partial charge < -0.3 is 25.7 Å². The summed E-state index contributed by atoms with van der Waals surface area (Å²) in [6.07, 6.45) is -0.663. The predicted molar refractivity (Wildman–Crippen MR) is 162 cm³/mol. The minimum atomic E-state index is -2.69. The number of nitrogens with zero attached hydrogens (tertiary/aromatic N) is 1. The Balaban J connectivity index is 2.20. The van der Waals surface area contributed by atoms with Gasteiger partial charge in [0.25, 0.3) is 24.7 Å². The molecule has 0 aliphatic heterocycles. The number of hydrogen-bond acceptors (Lipinski definition) is 6. The van der Waals surface area contributed by atoms with Crippen LogP contribution in [0.5, 0.6) is 0 Å². The number of hydrogen-bond donors (Lipinski definition) is 4. The molecule has 0 aliphatic carbocycles. The molecule has 0 spiro atoms. The molecule has 2 heterocycles. The molecule has 0 aliphatic rings. The normalized spacial score (nSPS) is 12.5. The average Bonchev–Trinajstić information content (AvgIpc) is 3.31. The molecule has 2 amide bonds. The van der Waals surface area contributed by atoms with E-state index < -0.39 is 37.4 Å². The van der Waals surface area contributed by atoms with E-state index in [1.165, 1.54) is 19.2 Å². The van der Waals surface area contributed by atoms with Gasteiger partial charge in [0, 0.05) is 35.0 Å². The first-order valence-electron chi connectivity index (χ1n) is 13.4. The summed E-state index contributed by atoms with van der Waals surface area (Å²) in [4.78, 5) is 30.5. The molecule has 0 saturated carbocycles. The lowest BCUT2D eigenvalue weighted by molar-refractivity contribution is -0.118. The highest BCUT2D eigenvalue weighted by atomic mass is 19.3. The van der Waals surface area contributed by atoms with Crippen LogP contribution in [0.25, 0.3) is 28.0 Å². The molecule has 230 valence electrons. The molecule has 0 radical (unpaired) electrons. The Morgan fingerprint density at radius 2 is 1.67 bits per heavy atom. The van der Waals surface area contributed by atoms with Gasteiger partial charge in [-0.15, -0.1) is 0 Å². The molecule has 0 bridgehead atoms. The van der Waals surface area contributed by atoms with Gasteiger partial charge in [-0.3, -0.25) is 9.59 Å². The molecule has 1 aromatic carbocycles. The standard InChI is InChI=1S/C31H35F4N5O3/c1-7-8-19(28(41)40-31(3,4)5)13-17(2)21-14-22-25(29(42)36-6)26(43-30(22)39-27(21)38-16-24(34)35)18-9-11-20(12-10-18)37-15-23(32)33/h7-14,23-24,37H,1,15-16H2,2-6H3,(H,36,42)(H,38,39)(H,40,41)/b17-13+,19-8+. The van der Waals surface area contributed by atoms with Crippen molar-refractivity contribution in [3.05, 3.63) is 71.8 Å². The molecule has 0 saturated heterocycles. The summed E-state index contributed by atoms with van der Waals surface area (Å²) in [5, 5.41) is 11.0. The average molecular weight is 602 g/mol. The first-order valence-corrected chi connectivity index (χ1v) is 13.4. The van der Waals surface area contributed by atoms with Crippen LogP contribution in [0.2, 0.25) is 0 Å². The number of aromatic nitrogens is 1. The third-order valence-electron chi connectivity index (χ3n) is 6.01. The van der Waals surface area contributed by atoms with Gasteiger partial charge in [-0.2, -0.15) is 4.98 Å². The number of rotatable bonds is 12. The van der Waals surface area contributed by atoms with Gasteiger partial charge in [0.15, 0.2) is 0 Å². The van der Waals surface area contributed by atoms with Crippen molar-refractivity contribution >= 4 is 40.0 Å². The number of anilines is 2. The number of benzene rings is 1. The highest BCUT2D eigenvalue weighted by Crippen LogP contribution is 2.37. The van der Waals surface area contributed by atoms with Crippen LogP contribution in [0, 0.1) is 0 Å². The molecule has 3 aromatic rings. The molecular weight excluding hydrogens is 566 g/mol. The van der Waals surface area contributed by atoms with Gasteiger partial charge in [-0.1, -0.05) is 18.7 Å². The third-order valence-corrected chi connectivity index (χ3v) is 6.01. The molecule has 3 rings (SSSR count). The molecule has 12 heteroatoms. The summed E-state index contributed by atoms with van der Waals surface area (Å²) < 4.78 is 57.6. The van der Waals surface area contributed by atoms with E-state index in [1.54, 1.807) is 43.3 Å². The van der Waals surface area contributed by atoms with Crippen molar-refractivity contribution in [2.75, 3.05) is 30.8 Å². The lowest BCUT2D eigenvalue weighted by Gasteiger charge is -2.21. The van der Waals surface area contributed by atoms with Crippen molar-refractivity contribution in [3.63, 3.8) is 0 Å². The molecule has 4 N–H and O–H groups in total. The summed E-state index contributed by atoms with van der Waals surface area (Å²) >= 11 is 0. The Labute approximate surface area is 247 Å². The lowest BCUT2D eigenvalue weighted by atomic mass is 10.00. The van der Waals surface area contributed by atoms with Crippen molar-refractivity contribution in [2.45, 2.75) is 46.1 Å². The van der Waals surface area contributed by atoms with Crippen molar-refractivity contribution in [2.24, 2.45) is 0 Å². The zero-order valence-electron chi connectivity index (χ0n) is 24.6. The second-order valence-electron chi connectivity index (χ2n) is 10.6. The van der Waals surface area contributed by atoms with Crippen molar-refractivity contribution in [3.8, 4) is 11.3 Å². The van der Waals surface area contributed by atoms with E-state index >= 15 is 0 Å². The first-order chi connectivity index (χ1) is 20.2. The Morgan fingerprint density at radius 3 is 2.23 bits per heavy atom. The SMILES string of the molecule is C=C/C=C(\C=C(/C)c1cc2c(C(=O)NC)c(-c3ccc(NCC(F)F)cc3)oc2nc1NCC(F)F)C(=O)NC(C)(C)C. The van der Waals surface area contributed by atoms with Crippen LogP contribution in [0.4, 0.5) is 29.1 Å². The zero-order chi connectivity index (χ0) is 31.9. The Morgan fingerprint density at radius 1 is 1.05 bits per heavy atom. The van der Waals surface area contributed by atoms with Gasteiger partial charge in [-0.05, 0) is 69.7 Å². The summed E-state index contributed by atoms with van der Waals surface area (Å²) in [5.41, 5.74) is 1.65. The molecule has 43 heavy (non-hydrogen) atoms. The van der Waals surface area contributed by atoms with Crippen molar-refractivity contribution < 1.29 is 31.6 Å². The number of amides is 2.